The average Bonchev–Trinajstić information content (AvgIpc) is 3.10. The van der Waals surface area contributed by atoms with Crippen molar-refractivity contribution >= 4 is 43.2 Å². The lowest BCUT2D eigenvalue weighted by Crippen LogP contribution is -1.88. The maximum atomic E-state index is 4.48. The lowest BCUT2D eigenvalue weighted by atomic mass is 9.89. The van der Waals surface area contributed by atoms with Gasteiger partial charge in [0.25, 0.3) is 0 Å². The van der Waals surface area contributed by atoms with Crippen molar-refractivity contribution in [2.24, 2.45) is 0 Å². The fourth-order valence-electron chi connectivity index (χ4n) is 6.87. The van der Waals surface area contributed by atoms with E-state index in [0.29, 0.717) is 0 Å². The van der Waals surface area contributed by atoms with E-state index in [1.807, 2.05) is 12.3 Å². The molecule has 0 atom stereocenters. The molecule has 1 heterocycles. The molecule has 0 aliphatic carbocycles. The molecule has 0 N–H and O–H groups in total. The molecule has 8 aromatic carbocycles. The zero-order valence-electron chi connectivity index (χ0n) is 24.0. The molecule has 9 rings (SSSR count). The zero-order chi connectivity index (χ0) is 29.0. The maximum Gasteiger partial charge on any atom is 0.0702 e. The van der Waals surface area contributed by atoms with Crippen LogP contribution in [0.15, 0.2) is 164 Å². The van der Waals surface area contributed by atoms with Gasteiger partial charge in [-0.25, -0.2) is 0 Å². The molecule has 0 saturated carbocycles. The molecule has 9 aromatic rings. The predicted molar refractivity (Wildman–Crippen MR) is 187 cm³/mol. The van der Waals surface area contributed by atoms with E-state index in [-0.39, 0.29) is 0 Å². The molecular weight excluding hydrogens is 530 g/mol. The summed E-state index contributed by atoms with van der Waals surface area (Å²) < 4.78 is 0. The number of rotatable bonds is 4. The number of nitrogens with zero attached hydrogens (tertiary/aromatic N) is 1. The van der Waals surface area contributed by atoms with Gasteiger partial charge in [-0.05, 0) is 113 Å². The number of hydrogen-bond donors (Lipinski definition) is 0. The van der Waals surface area contributed by atoms with Gasteiger partial charge in [0.05, 0.1) is 5.52 Å². The smallest absolute Gasteiger partial charge is 0.0702 e. The van der Waals surface area contributed by atoms with Gasteiger partial charge in [0, 0.05) is 11.6 Å². The van der Waals surface area contributed by atoms with E-state index < -0.39 is 0 Å². The van der Waals surface area contributed by atoms with Crippen LogP contribution in [0.5, 0.6) is 0 Å². The monoisotopic (exact) mass is 557 g/mol. The van der Waals surface area contributed by atoms with Crippen LogP contribution in [0.25, 0.3) is 87.7 Å². The fraction of sp³-hybridized carbons (Fsp3) is 0. The standard InChI is InChI=1S/C43H27N/c1-6-28-15-16-30-17-20-39(40-21-18-29(7-1)42(28)43(30)40)37-13-4-12-35(26-37)33-10-2-8-31(24-33)32-9-3-11-34(25-32)36-19-22-41-38(27-36)14-5-23-44-41/h1-27H. The number of benzene rings is 8. The summed E-state index contributed by atoms with van der Waals surface area (Å²) in [5, 5.41) is 9.05. The predicted octanol–water partition coefficient (Wildman–Crippen LogP) is 11.8. The Bertz CT molecular complexity index is 2490. The van der Waals surface area contributed by atoms with Crippen molar-refractivity contribution < 1.29 is 0 Å². The normalized spacial score (nSPS) is 11.6. The van der Waals surface area contributed by atoms with Gasteiger partial charge in [0.2, 0.25) is 0 Å². The van der Waals surface area contributed by atoms with Crippen molar-refractivity contribution in [3.05, 3.63) is 164 Å². The Morgan fingerprint density at radius 2 is 0.818 bits per heavy atom. The molecule has 1 heteroatoms. The van der Waals surface area contributed by atoms with Crippen LogP contribution in [0.2, 0.25) is 0 Å². The third-order valence-electron chi connectivity index (χ3n) is 9.03. The molecule has 0 fully saturated rings. The van der Waals surface area contributed by atoms with E-state index in [9.17, 15) is 0 Å². The van der Waals surface area contributed by atoms with Crippen LogP contribution in [0.3, 0.4) is 0 Å². The van der Waals surface area contributed by atoms with Crippen molar-refractivity contribution in [3.8, 4) is 44.5 Å². The van der Waals surface area contributed by atoms with Crippen LogP contribution >= 0.6 is 0 Å². The minimum atomic E-state index is 1.02. The summed E-state index contributed by atoms with van der Waals surface area (Å²) in [6, 6.07) is 57.5. The Balaban J connectivity index is 1.11. The Hall–Kier alpha value is -5.79. The molecule has 0 aliphatic rings. The van der Waals surface area contributed by atoms with Gasteiger partial charge in [0.1, 0.15) is 0 Å². The SMILES string of the molecule is c1cc(-c2cccc(-c3ccc4ncccc4c3)c2)cc(-c2cccc(-c3ccc4ccc5cccc6ccc3c4c56)c2)c1. The highest BCUT2D eigenvalue weighted by Crippen LogP contribution is 2.40. The number of aromatic nitrogens is 1. The van der Waals surface area contributed by atoms with Gasteiger partial charge >= 0.3 is 0 Å². The molecule has 1 nitrogen and oxygen atoms in total. The molecule has 0 unspecified atom stereocenters. The highest BCUT2D eigenvalue weighted by Gasteiger charge is 2.13. The lowest BCUT2D eigenvalue weighted by Gasteiger charge is -2.15. The van der Waals surface area contributed by atoms with Gasteiger partial charge in [-0.2, -0.15) is 0 Å². The first-order valence-corrected chi connectivity index (χ1v) is 15.1. The van der Waals surface area contributed by atoms with Crippen LogP contribution in [0, 0.1) is 0 Å². The first-order chi connectivity index (χ1) is 21.8. The summed E-state index contributed by atoms with van der Waals surface area (Å²) in [6.45, 7) is 0. The number of pyridine rings is 1. The van der Waals surface area contributed by atoms with E-state index in [4.69, 9.17) is 0 Å². The van der Waals surface area contributed by atoms with Crippen molar-refractivity contribution in [1.29, 1.82) is 0 Å². The average molecular weight is 558 g/mol. The Kier molecular flexibility index (Phi) is 5.57. The third-order valence-corrected chi connectivity index (χ3v) is 9.03. The van der Waals surface area contributed by atoms with Gasteiger partial charge in [-0.1, -0.05) is 121 Å². The first-order valence-electron chi connectivity index (χ1n) is 15.1. The summed E-state index contributed by atoms with van der Waals surface area (Å²) in [6.07, 6.45) is 1.84. The molecular formula is C43H27N. The molecule has 1 aromatic heterocycles. The van der Waals surface area contributed by atoms with E-state index in [0.717, 1.165) is 10.9 Å². The third kappa shape index (κ3) is 4.06. The van der Waals surface area contributed by atoms with Crippen LogP contribution in [0.1, 0.15) is 0 Å². The van der Waals surface area contributed by atoms with Gasteiger partial charge in [0.15, 0.2) is 0 Å². The lowest BCUT2D eigenvalue weighted by molar-refractivity contribution is 1.41. The maximum absolute atomic E-state index is 4.48. The molecule has 44 heavy (non-hydrogen) atoms. The van der Waals surface area contributed by atoms with Crippen LogP contribution in [0.4, 0.5) is 0 Å². The van der Waals surface area contributed by atoms with Gasteiger partial charge < -0.3 is 0 Å². The van der Waals surface area contributed by atoms with E-state index in [1.165, 1.54) is 76.8 Å². The highest BCUT2D eigenvalue weighted by molar-refractivity contribution is 6.25. The van der Waals surface area contributed by atoms with Crippen molar-refractivity contribution in [2.75, 3.05) is 0 Å². The van der Waals surface area contributed by atoms with E-state index in [1.54, 1.807) is 0 Å². The number of hydrogen-bond acceptors (Lipinski definition) is 1. The van der Waals surface area contributed by atoms with Crippen molar-refractivity contribution in [1.82, 2.24) is 4.98 Å². The second-order valence-electron chi connectivity index (χ2n) is 11.6. The Morgan fingerprint density at radius 1 is 0.318 bits per heavy atom. The molecule has 0 amide bonds. The first kappa shape index (κ1) is 24.8. The molecule has 0 bridgehead atoms. The zero-order valence-corrected chi connectivity index (χ0v) is 24.0. The van der Waals surface area contributed by atoms with Crippen LogP contribution < -0.4 is 0 Å². The summed E-state index contributed by atoms with van der Waals surface area (Å²) in [4.78, 5) is 4.48. The summed E-state index contributed by atoms with van der Waals surface area (Å²) in [5.74, 6) is 0. The van der Waals surface area contributed by atoms with E-state index >= 15 is 0 Å². The largest absolute Gasteiger partial charge is 0.256 e. The minimum absolute atomic E-state index is 1.02. The van der Waals surface area contributed by atoms with Crippen molar-refractivity contribution in [2.45, 2.75) is 0 Å². The second kappa shape index (κ2) is 9.90. The van der Waals surface area contributed by atoms with E-state index in [2.05, 4.69) is 157 Å². The fourth-order valence-corrected chi connectivity index (χ4v) is 6.87. The number of fused-ring (bicyclic) bond motifs is 1. The molecule has 0 saturated heterocycles. The molecule has 0 radical (unpaired) electrons. The summed E-state index contributed by atoms with van der Waals surface area (Å²) >= 11 is 0. The molecule has 0 aliphatic heterocycles. The summed E-state index contributed by atoms with van der Waals surface area (Å²) in [5.41, 5.74) is 10.8. The Morgan fingerprint density at radius 3 is 1.50 bits per heavy atom. The van der Waals surface area contributed by atoms with Gasteiger partial charge in [-0.3, -0.25) is 4.98 Å². The minimum Gasteiger partial charge on any atom is -0.256 e. The summed E-state index contributed by atoms with van der Waals surface area (Å²) in [7, 11) is 0. The van der Waals surface area contributed by atoms with Gasteiger partial charge in [-0.15, -0.1) is 0 Å². The topological polar surface area (TPSA) is 12.9 Å². The highest BCUT2D eigenvalue weighted by atomic mass is 14.6. The van der Waals surface area contributed by atoms with Crippen molar-refractivity contribution in [3.63, 3.8) is 0 Å². The van der Waals surface area contributed by atoms with Crippen LogP contribution in [-0.2, 0) is 0 Å². The molecule has 204 valence electrons. The quantitative estimate of drug-likeness (QED) is 0.196. The molecule has 0 spiro atoms. The second-order valence-corrected chi connectivity index (χ2v) is 11.6. The van der Waals surface area contributed by atoms with Crippen LogP contribution in [-0.4, -0.2) is 4.98 Å². The Labute approximate surface area is 256 Å².